The Labute approximate surface area is 131 Å². The van der Waals surface area contributed by atoms with Gasteiger partial charge in [-0.25, -0.2) is 0 Å². The second kappa shape index (κ2) is 8.08. The van der Waals surface area contributed by atoms with E-state index < -0.39 is 0 Å². The molecule has 0 saturated carbocycles. The van der Waals surface area contributed by atoms with Crippen molar-refractivity contribution in [2.45, 2.75) is 26.3 Å². The number of para-hydroxylation sites is 2. The highest BCUT2D eigenvalue weighted by atomic mass is 16.5. The molecule has 2 aromatic rings. The van der Waals surface area contributed by atoms with Gasteiger partial charge in [0, 0.05) is 13.0 Å². The number of nitrogen functional groups attached to an aromatic ring is 1. The Morgan fingerprint density at radius 2 is 1.86 bits per heavy atom. The van der Waals surface area contributed by atoms with E-state index in [1.54, 1.807) is 6.07 Å². The predicted molar refractivity (Wildman–Crippen MR) is 88.6 cm³/mol. The van der Waals surface area contributed by atoms with Crippen molar-refractivity contribution in [3.63, 3.8) is 0 Å². The molecule has 3 N–H and O–H groups in total. The number of nitrogens with two attached hydrogens (primary N) is 1. The number of carbonyl (C=O) groups excluding carboxylic acids is 1. The fraction of sp³-hybridized carbons (Fsp3) is 0.278. The van der Waals surface area contributed by atoms with Crippen molar-refractivity contribution in [3.8, 4) is 5.75 Å². The molecule has 0 aromatic heterocycles. The zero-order chi connectivity index (χ0) is 15.8. The van der Waals surface area contributed by atoms with Crippen molar-refractivity contribution in [2.24, 2.45) is 0 Å². The topological polar surface area (TPSA) is 64.3 Å². The normalized spacial score (nSPS) is 10.2. The molecular weight excluding hydrogens is 276 g/mol. The fourth-order valence-electron chi connectivity index (χ4n) is 2.02. The number of rotatable bonds is 7. The summed E-state index contributed by atoms with van der Waals surface area (Å²) in [7, 11) is 0. The molecule has 0 fully saturated rings. The highest BCUT2D eigenvalue weighted by molar-refractivity contribution is 5.75. The van der Waals surface area contributed by atoms with Crippen LogP contribution in [0.4, 0.5) is 5.69 Å². The van der Waals surface area contributed by atoms with Gasteiger partial charge in [-0.15, -0.1) is 0 Å². The Bertz CT molecular complexity index is 609. The Hall–Kier alpha value is -2.49. The van der Waals surface area contributed by atoms with Crippen molar-refractivity contribution >= 4 is 11.6 Å². The summed E-state index contributed by atoms with van der Waals surface area (Å²) in [5.74, 6) is 0.702. The minimum Gasteiger partial charge on any atom is -0.491 e. The van der Waals surface area contributed by atoms with Crippen molar-refractivity contribution in [2.75, 3.05) is 12.3 Å². The molecule has 0 bridgehead atoms. The molecule has 1 amide bonds. The highest BCUT2D eigenvalue weighted by Crippen LogP contribution is 2.19. The van der Waals surface area contributed by atoms with Crippen LogP contribution in [0.25, 0.3) is 0 Å². The van der Waals surface area contributed by atoms with Crippen molar-refractivity contribution < 1.29 is 9.53 Å². The number of amides is 1. The molecule has 2 aromatic carbocycles. The molecule has 0 aliphatic rings. The van der Waals surface area contributed by atoms with Gasteiger partial charge in [0.05, 0.1) is 12.3 Å². The Morgan fingerprint density at radius 3 is 2.59 bits per heavy atom. The Kier molecular flexibility index (Phi) is 5.83. The maximum atomic E-state index is 11.8. The van der Waals surface area contributed by atoms with Gasteiger partial charge in [-0.3, -0.25) is 4.79 Å². The molecule has 0 saturated heterocycles. The molecule has 4 heteroatoms. The molecule has 4 nitrogen and oxygen atoms in total. The number of aryl methyl sites for hydroxylation is 1. The van der Waals surface area contributed by atoms with Crippen LogP contribution >= 0.6 is 0 Å². The lowest BCUT2D eigenvalue weighted by atomic mass is 10.1. The van der Waals surface area contributed by atoms with E-state index in [1.807, 2.05) is 49.4 Å². The SMILES string of the molecule is Cc1ccc(CNC(=O)CCCOc2ccccc2N)cc1. The summed E-state index contributed by atoms with van der Waals surface area (Å²) in [5.41, 5.74) is 8.72. The summed E-state index contributed by atoms with van der Waals surface area (Å²) in [5, 5.41) is 2.91. The van der Waals surface area contributed by atoms with Gasteiger partial charge in [0.25, 0.3) is 0 Å². The number of nitrogens with one attached hydrogen (secondary N) is 1. The molecule has 0 aliphatic heterocycles. The number of hydrogen-bond acceptors (Lipinski definition) is 3. The van der Waals surface area contributed by atoms with E-state index in [4.69, 9.17) is 10.5 Å². The average molecular weight is 298 g/mol. The van der Waals surface area contributed by atoms with Gasteiger partial charge in [-0.05, 0) is 31.0 Å². The quantitative estimate of drug-likeness (QED) is 0.610. The minimum absolute atomic E-state index is 0.0326. The van der Waals surface area contributed by atoms with E-state index >= 15 is 0 Å². The van der Waals surface area contributed by atoms with Gasteiger partial charge >= 0.3 is 0 Å². The molecule has 0 aliphatic carbocycles. The summed E-state index contributed by atoms with van der Waals surface area (Å²) >= 11 is 0. The molecule has 0 atom stereocenters. The lowest BCUT2D eigenvalue weighted by Gasteiger charge is -2.09. The van der Waals surface area contributed by atoms with Crippen LogP contribution in [0.15, 0.2) is 48.5 Å². The maximum absolute atomic E-state index is 11.8. The van der Waals surface area contributed by atoms with Gasteiger partial charge in [0.1, 0.15) is 5.75 Å². The number of carbonyl (C=O) groups is 1. The van der Waals surface area contributed by atoms with Gasteiger partial charge in [0.15, 0.2) is 0 Å². The van der Waals surface area contributed by atoms with Crippen LogP contribution in [0, 0.1) is 6.92 Å². The van der Waals surface area contributed by atoms with Crippen LogP contribution in [-0.2, 0) is 11.3 Å². The zero-order valence-corrected chi connectivity index (χ0v) is 12.8. The minimum atomic E-state index is 0.0326. The lowest BCUT2D eigenvalue weighted by Crippen LogP contribution is -2.22. The van der Waals surface area contributed by atoms with Crippen molar-refractivity contribution in [3.05, 3.63) is 59.7 Å². The largest absolute Gasteiger partial charge is 0.491 e. The van der Waals surface area contributed by atoms with E-state index in [0.29, 0.717) is 37.4 Å². The first-order valence-electron chi connectivity index (χ1n) is 7.44. The second-order valence-corrected chi connectivity index (χ2v) is 5.25. The third-order valence-corrected chi connectivity index (χ3v) is 3.34. The smallest absolute Gasteiger partial charge is 0.220 e. The Morgan fingerprint density at radius 1 is 1.14 bits per heavy atom. The third-order valence-electron chi connectivity index (χ3n) is 3.34. The van der Waals surface area contributed by atoms with Crippen LogP contribution in [-0.4, -0.2) is 12.5 Å². The number of hydrogen-bond donors (Lipinski definition) is 2. The van der Waals surface area contributed by atoms with E-state index in [-0.39, 0.29) is 5.91 Å². The molecule has 0 spiro atoms. The monoisotopic (exact) mass is 298 g/mol. The highest BCUT2D eigenvalue weighted by Gasteiger charge is 2.03. The van der Waals surface area contributed by atoms with Crippen LogP contribution in [0.3, 0.4) is 0 Å². The van der Waals surface area contributed by atoms with Gasteiger partial charge < -0.3 is 15.8 Å². The van der Waals surface area contributed by atoms with Crippen LogP contribution in [0.2, 0.25) is 0 Å². The summed E-state index contributed by atoms with van der Waals surface area (Å²) in [6.45, 7) is 3.08. The summed E-state index contributed by atoms with van der Waals surface area (Å²) in [4.78, 5) is 11.8. The van der Waals surface area contributed by atoms with E-state index in [0.717, 1.165) is 5.56 Å². The second-order valence-electron chi connectivity index (χ2n) is 5.25. The van der Waals surface area contributed by atoms with E-state index in [9.17, 15) is 4.79 Å². The van der Waals surface area contributed by atoms with Crippen molar-refractivity contribution in [1.82, 2.24) is 5.32 Å². The van der Waals surface area contributed by atoms with Gasteiger partial charge in [-0.1, -0.05) is 42.0 Å². The Balaban J connectivity index is 1.64. The number of anilines is 1. The molecule has 0 radical (unpaired) electrons. The standard InChI is InChI=1S/C18H22N2O2/c1-14-8-10-15(11-9-14)13-20-18(21)7-4-12-22-17-6-3-2-5-16(17)19/h2-3,5-6,8-11H,4,7,12-13,19H2,1H3,(H,20,21). The maximum Gasteiger partial charge on any atom is 0.220 e. The first-order chi connectivity index (χ1) is 10.6. The third kappa shape index (κ3) is 5.13. The fourth-order valence-corrected chi connectivity index (χ4v) is 2.02. The van der Waals surface area contributed by atoms with E-state index in [1.165, 1.54) is 5.56 Å². The summed E-state index contributed by atoms with van der Waals surface area (Å²) < 4.78 is 5.56. The predicted octanol–water partition coefficient (Wildman–Crippen LogP) is 3.05. The van der Waals surface area contributed by atoms with Gasteiger partial charge in [-0.2, -0.15) is 0 Å². The van der Waals surface area contributed by atoms with Crippen LogP contribution < -0.4 is 15.8 Å². The zero-order valence-electron chi connectivity index (χ0n) is 12.8. The molecule has 0 heterocycles. The van der Waals surface area contributed by atoms with Gasteiger partial charge in [0.2, 0.25) is 5.91 Å². The molecule has 116 valence electrons. The van der Waals surface area contributed by atoms with Crippen LogP contribution in [0.5, 0.6) is 5.75 Å². The number of benzene rings is 2. The summed E-state index contributed by atoms with van der Waals surface area (Å²) in [6, 6.07) is 15.5. The average Bonchev–Trinajstić information content (AvgIpc) is 2.52. The molecule has 22 heavy (non-hydrogen) atoms. The van der Waals surface area contributed by atoms with E-state index in [2.05, 4.69) is 5.32 Å². The summed E-state index contributed by atoms with van der Waals surface area (Å²) in [6.07, 6.45) is 1.10. The number of ether oxygens (including phenoxy) is 1. The van der Waals surface area contributed by atoms with Crippen molar-refractivity contribution in [1.29, 1.82) is 0 Å². The molecule has 2 rings (SSSR count). The first kappa shape index (κ1) is 15.9. The lowest BCUT2D eigenvalue weighted by molar-refractivity contribution is -0.121. The first-order valence-corrected chi connectivity index (χ1v) is 7.44. The molecule has 0 unspecified atom stereocenters. The van der Waals surface area contributed by atoms with Crippen LogP contribution in [0.1, 0.15) is 24.0 Å². The molecular formula is C18H22N2O2.